The van der Waals surface area contributed by atoms with Crippen molar-refractivity contribution in [3.05, 3.63) is 51.7 Å². The number of ether oxygens (including phenoxy) is 1. The average molecular weight is 303 g/mol. The highest BCUT2D eigenvalue weighted by Gasteiger charge is 2.11. The van der Waals surface area contributed by atoms with E-state index in [1.54, 1.807) is 0 Å². The summed E-state index contributed by atoms with van der Waals surface area (Å²) in [5.74, 6) is 0.880. The largest absolute Gasteiger partial charge is 0.489 e. The molecule has 1 heterocycles. The highest BCUT2D eigenvalue weighted by molar-refractivity contribution is 7.12. The Morgan fingerprint density at radius 1 is 1.38 bits per heavy atom. The lowest BCUT2D eigenvalue weighted by Gasteiger charge is -2.09. The molecule has 0 aliphatic carbocycles. The number of benzene rings is 1. The second-order valence-electron chi connectivity index (χ2n) is 5.16. The summed E-state index contributed by atoms with van der Waals surface area (Å²) in [7, 11) is 0. The normalized spacial score (nSPS) is 12.0. The minimum Gasteiger partial charge on any atom is -0.489 e. The van der Waals surface area contributed by atoms with E-state index < -0.39 is 0 Å². The molecule has 112 valence electrons. The van der Waals surface area contributed by atoms with Gasteiger partial charge < -0.3 is 10.1 Å². The molecule has 0 aliphatic rings. The van der Waals surface area contributed by atoms with Crippen molar-refractivity contribution in [2.24, 2.45) is 0 Å². The molecule has 1 amide bonds. The van der Waals surface area contributed by atoms with Crippen LogP contribution in [0.2, 0.25) is 0 Å². The van der Waals surface area contributed by atoms with Crippen molar-refractivity contribution in [3.63, 3.8) is 0 Å². The molecule has 21 heavy (non-hydrogen) atoms. The quantitative estimate of drug-likeness (QED) is 0.870. The van der Waals surface area contributed by atoms with Crippen molar-refractivity contribution < 1.29 is 9.53 Å². The number of rotatable bonds is 6. The van der Waals surface area contributed by atoms with Crippen molar-refractivity contribution in [2.75, 3.05) is 0 Å². The summed E-state index contributed by atoms with van der Waals surface area (Å²) in [5, 5.41) is 4.95. The smallest absolute Gasteiger partial charge is 0.261 e. The van der Waals surface area contributed by atoms with Crippen LogP contribution in [-0.4, -0.2) is 11.9 Å². The van der Waals surface area contributed by atoms with E-state index in [2.05, 4.69) is 12.2 Å². The van der Waals surface area contributed by atoms with Gasteiger partial charge in [-0.15, -0.1) is 11.3 Å². The van der Waals surface area contributed by atoms with Gasteiger partial charge >= 0.3 is 0 Å². The Hall–Kier alpha value is -1.81. The molecule has 0 saturated carbocycles. The van der Waals surface area contributed by atoms with Crippen LogP contribution in [0.1, 0.15) is 41.1 Å². The van der Waals surface area contributed by atoms with Crippen molar-refractivity contribution in [1.82, 2.24) is 5.32 Å². The summed E-state index contributed by atoms with van der Waals surface area (Å²) in [4.78, 5) is 12.7. The first-order chi connectivity index (χ1) is 10.1. The van der Waals surface area contributed by atoms with E-state index in [-0.39, 0.29) is 11.9 Å². The molecule has 0 spiro atoms. The van der Waals surface area contributed by atoms with E-state index in [1.165, 1.54) is 11.3 Å². The molecule has 2 aromatic rings. The Balaban J connectivity index is 1.94. The third-order valence-electron chi connectivity index (χ3n) is 3.36. The van der Waals surface area contributed by atoms with Gasteiger partial charge in [0, 0.05) is 11.6 Å². The van der Waals surface area contributed by atoms with Crippen LogP contribution >= 0.6 is 11.3 Å². The number of hydrogen-bond acceptors (Lipinski definition) is 3. The zero-order valence-electron chi connectivity index (χ0n) is 12.7. The Labute approximate surface area is 130 Å². The highest BCUT2D eigenvalue weighted by atomic mass is 32.1. The lowest BCUT2D eigenvalue weighted by atomic mass is 10.2. The zero-order chi connectivity index (χ0) is 15.2. The topological polar surface area (TPSA) is 38.3 Å². The molecule has 4 heteroatoms. The zero-order valence-corrected chi connectivity index (χ0v) is 13.5. The predicted octanol–water partition coefficient (Wildman–Crippen LogP) is 4.16. The monoisotopic (exact) mass is 303 g/mol. The van der Waals surface area contributed by atoms with Gasteiger partial charge in [0.2, 0.25) is 0 Å². The van der Waals surface area contributed by atoms with E-state index in [1.807, 2.05) is 49.6 Å². The Morgan fingerprint density at radius 2 is 2.14 bits per heavy atom. The van der Waals surface area contributed by atoms with Gasteiger partial charge in [0.15, 0.2) is 0 Å². The first-order valence-corrected chi connectivity index (χ1v) is 8.04. The molecular formula is C17H21NO2S. The van der Waals surface area contributed by atoms with E-state index in [4.69, 9.17) is 4.74 Å². The first-order valence-electron chi connectivity index (χ1n) is 7.17. The number of carbonyl (C=O) groups excluding carboxylic acids is 1. The molecule has 1 atom stereocenters. The van der Waals surface area contributed by atoms with Gasteiger partial charge in [-0.2, -0.15) is 0 Å². The van der Waals surface area contributed by atoms with Crippen LogP contribution in [0, 0.1) is 6.92 Å². The lowest BCUT2D eigenvalue weighted by Crippen LogP contribution is -2.31. The summed E-state index contributed by atoms with van der Waals surface area (Å²) in [6.07, 6.45) is 0.931. The van der Waals surface area contributed by atoms with Gasteiger partial charge in [-0.05, 0) is 43.3 Å². The van der Waals surface area contributed by atoms with E-state index in [0.717, 1.165) is 28.2 Å². The molecule has 1 aromatic carbocycles. The molecule has 0 saturated heterocycles. The number of amides is 1. The fourth-order valence-corrected chi connectivity index (χ4v) is 2.65. The molecule has 0 fully saturated rings. The second-order valence-corrected chi connectivity index (χ2v) is 6.07. The number of thiophene rings is 1. The maximum absolute atomic E-state index is 12.0. The van der Waals surface area contributed by atoms with Crippen molar-refractivity contribution >= 4 is 17.2 Å². The SMILES string of the molecule is CCC(C)NC(=O)c1cc(COc2ccccc2C)cs1. The van der Waals surface area contributed by atoms with E-state index in [0.29, 0.717) is 6.61 Å². The Morgan fingerprint density at radius 3 is 2.86 bits per heavy atom. The summed E-state index contributed by atoms with van der Waals surface area (Å²) in [5.41, 5.74) is 2.14. The van der Waals surface area contributed by atoms with Crippen molar-refractivity contribution in [1.29, 1.82) is 0 Å². The van der Waals surface area contributed by atoms with Crippen LogP contribution in [0.3, 0.4) is 0 Å². The standard InChI is InChI=1S/C17H21NO2S/c1-4-13(3)18-17(19)16-9-14(11-21-16)10-20-15-8-6-5-7-12(15)2/h5-9,11,13H,4,10H2,1-3H3,(H,18,19). The van der Waals surface area contributed by atoms with Crippen molar-refractivity contribution in [3.8, 4) is 5.75 Å². The number of carbonyl (C=O) groups is 1. The van der Waals surface area contributed by atoms with Gasteiger partial charge in [-0.1, -0.05) is 25.1 Å². The number of para-hydroxylation sites is 1. The Bertz CT molecular complexity index is 606. The van der Waals surface area contributed by atoms with Gasteiger partial charge in [-0.3, -0.25) is 4.79 Å². The van der Waals surface area contributed by atoms with Gasteiger partial charge in [0.05, 0.1) is 4.88 Å². The fraction of sp³-hybridized carbons (Fsp3) is 0.353. The van der Waals surface area contributed by atoms with Crippen LogP contribution in [0.15, 0.2) is 35.7 Å². The van der Waals surface area contributed by atoms with Crippen LogP contribution in [0.5, 0.6) is 5.75 Å². The predicted molar refractivity (Wildman–Crippen MR) is 87.0 cm³/mol. The molecule has 0 radical (unpaired) electrons. The molecule has 1 N–H and O–H groups in total. The lowest BCUT2D eigenvalue weighted by molar-refractivity contribution is 0.0943. The molecule has 1 unspecified atom stereocenters. The second kappa shape index (κ2) is 7.27. The summed E-state index contributed by atoms with van der Waals surface area (Å²) in [6.45, 7) is 6.57. The number of hydrogen-bond donors (Lipinski definition) is 1. The number of nitrogens with one attached hydrogen (secondary N) is 1. The third kappa shape index (κ3) is 4.33. The van der Waals surface area contributed by atoms with Crippen molar-refractivity contribution in [2.45, 2.75) is 39.8 Å². The molecule has 2 rings (SSSR count). The highest BCUT2D eigenvalue weighted by Crippen LogP contribution is 2.20. The van der Waals surface area contributed by atoms with Crippen LogP contribution in [0.4, 0.5) is 0 Å². The molecule has 0 bridgehead atoms. The van der Waals surface area contributed by atoms with Crippen LogP contribution in [-0.2, 0) is 6.61 Å². The molecule has 3 nitrogen and oxygen atoms in total. The van der Waals surface area contributed by atoms with E-state index >= 15 is 0 Å². The maximum Gasteiger partial charge on any atom is 0.261 e. The van der Waals surface area contributed by atoms with Gasteiger partial charge in [0.25, 0.3) is 5.91 Å². The molecule has 0 aliphatic heterocycles. The minimum atomic E-state index is -0.00325. The number of aryl methyl sites for hydroxylation is 1. The molecule has 1 aromatic heterocycles. The summed E-state index contributed by atoms with van der Waals surface area (Å²) in [6, 6.07) is 10.0. The summed E-state index contributed by atoms with van der Waals surface area (Å²) >= 11 is 1.46. The fourth-order valence-electron chi connectivity index (χ4n) is 1.85. The third-order valence-corrected chi connectivity index (χ3v) is 4.33. The first kappa shape index (κ1) is 15.6. The molecular weight excluding hydrogens is 282 g/mol. The maximum atomic E-state index is 12.0. The van der Waals surface area contributed by atoms with Gasteiger partial charge in [0.1, 0.15) is 12.4 Å². The summed E-state index contributed by atoms with van der Waals surface area (Å²) < 4.78 is 5.79. The average Bonchev–Trinajstić information content (AvgIpc) is 2.95. The van der Waals surface area contributed by atoms with Crippen LogP contribution < -0.4 is 10.1 Å². The van der Waals surface area contributed by atoms with Crippen LogP contribution in [0.25, 0.3) is 0 Å². The van der Waals surface area contributed by atoms with E-state index in [9.17, 15) is 4.79 Å². The Kier molecular flexibility index (Phi) is 5.39. The minimum absolute atomic E-state index is 0.00325. The van der Waals surface area contributed by atoms with Gasteiger partial charge in [-0.25, -0.2) is 0 Å².